The van der Waals surface area contributed by atoms with Gasteiger partial charge in [-0.2, -0.15) is 0 Å². The molecule has 3 rings (SSSR count). The summed E-state index contributed by atoms with van der Waals surface area (Å²) in [6.45, 7) is 6.30. The van der Waals surface area contributed by atoms with Crippen molar-refractivity contribution < 1.29 is 14.3 Å². The molecule has 1 aliphatic heterocycles. The first-order valence-corrected chi connectivity index (χ1v) is 10.6. The smallest absolute Gasteiger partial charge is 0.231 e. The van der Waals surface area contributed by atoms with Crippen molar-refractivity contribution >= 4 is 21.8 Å². The van der Waals surface area contributed by atoms with E-state index in [1.165, 1.54) is 0 Å². The Balaban J connectivity index is 1.76. The highest BCUT2D eigenvalue weighted by atomic mass is 79.9. The van der Waals surface area contributed by atoms with Gasteiger partial charge < -0.3 is 14.8 Å². The highest BCUT2D eigenvalue weighted by Gasteiger charge is 2.41. The van der Waals surface area contributed by atoms with E-state index in [1.54, 1.807) is 0 Å². The Morgan fingerprint density at radius 2 is 1.75 bits per heavy atom. The van der Waals surface area contributed by atoms with Gasteiger partial charge in [0.25, 0.3) is 0 Å². The number of carbonyl (C=O) groups is 1. The SMILES string of the molecule is CC(C)OCc1ccccc1CNC(=O)C1(c2ccc(Br)cc2)CCOCC1. The molecule has 0 aromatic heterocycles. The monoisotopic (exact) mass is 445 g/mol. The highest BCUT2D eigenvalue weighted by Crippen LogP contribution is 2.36. The van der Waals surface area contributed by atoms with Crippen LogP contribution in [-0.4, -0.2) is 25.2 Å². The molecular formula is C23H28BrNO3. The molecular weight excluding hydrogens is 418 g/mol. The van der Waals surface area contributed by atoms with Gasteiger partial charge in [-0.15, -0.1) is 0 Å². The molecule has 2 aromatic rings. The van der Waals surface area contributed by atoms with Crippen molar-refractivity contribution in [2.45, 2.75) is 51.4 Å². The fourth-order valence-corrected chi connectivity index (χ4v) is 3.87. The molecule has 0 bridgehead atoms. The molecule has 1 aliphatic rings. The van der Waals surface area contributed by atoms with Crippen LogP contribution in [0.4, 0.5) is 0 Å². The number of ether oxygens (including phenoxy) is 2. The lowest BCUT2D eigenvalue weighted by molar-refractivity contribution is -0.130. The molecule has 5 heteroatoms. The molecule has 0 unspecified atom stereocenters. The normalized spacial score (nSPS) is 16.1. The largest absolute Gasteiger partial charge is 0.381 e. The summed E-state index contributed by atoms with van der Waals surface area (Å²) in [5.74, 6) is 0.0673. The quantitative estimate of drug-likeness (QED) is 0.669. The van der Waals surface area contributed by atoms with Crippen molar-refractivity contribution in [1.82, 2.24) is 5.32 Å². The Hall–Kier alpha value is -1.69. The number of rotatable bonds is 7. The minimum atomic E-state index is -0.539. The zero-order valence-electron chi connectivity index (χ0n) is 16.5. The molecule has 1 fully saturated rings. The molecule has 28 heavy (non-hydrogen) atoms. The van der Waals surface area contributed by atoms with Gasteiger partial charge in [-0.25, -0.2) is 0 Å². The van der Waals surface area contributed by atoms with Crippen LogP contribution in [0.25, 0.3) is 0 Å². The molecule has 0 radical (unpaired) electrons. The van der Waals surface area contributed by atoms with Gasteiger partial charge in [0.15, 0.2) is 0 Å². The molecule has 1 amide bonds. The lowest BCUT2D eigenvalue weighted by Gasteiger charge is -2.36. The van der Waals surface area contributed by atoms with Gasteiger partial charge in [-0.1, -0.05) is 52.3 Å². The van der Waals surface area contributed by atoms with Gasteiger partial charge in [-0.3, -0.25) is 4.79 Å². The summed E-state index contributed by atoms with van der Waals surface area (Å²) < 4.78 is 12.3. The van der Waals surface area contributed by atoms with Crippen LogP contribution in [0.2, 0.25) is 0 Å². The molecule has 4 nitrogen and oxygen atoms in total. The molecule has 2 aromatic carbocycles. The first-order valence-electron chi connectivity index (χ1n) is 9.82. The first kappa shape index (κ1) is 21.0. The average Bonchev–Trinajstić information content (AvgIpc) is 2.72. The number of carbonyl (C=O) groups excluding carboxylic acids is 1. The van der Waals surface area contributed by atoms with Gasteiger partial charge in [0.2, 0.25) is 5.91 Å². The van der Waals surface area contributed by atoms with Crippen molar-refractivity contribution in [3.05, 3.63) is 69.7 Å². The second-order valence-electron chi connectivity index (χ2n) is 7.51. The van der Waals surface area contributed by atoms with Crippen molar-refractivity contribution in [1.29, 1.82) is 0 Å². The van der Waals surface area contributed by atoms with E-state index < -0.39 is 5.41 Å². The summed E-state index contributed by atoms with van der Waals surface area (Å²) in [4.78, 5) is 13.3. The summed E-state index contributed by atoms with van der Waals surface area (Å²) in [6.07, 6.45) is 1.56. The first-order chi connectivity index (χ1) is 13.5. The van der Waals surface area contributed by atoms with E-state index in [1.807, 2.05) is 50.2 Å². The summed E-state index contributed by atoms with van der Waals surface area (Å²) in [5, 5.41) is 3.19. The van der Waals surface area contributed by atoms with Gasteiger partial charge in [0, 0.05) is 24.2 Å². The van der Waals surface area contributed by atoms with Crippen LogP contribution in [0.15, 0.2) is 53.0 Å². The fraction of sp³-hybridized carbons (Fsp3) is 0.435. The van der Waals surface area contributed by atoms with E-state index in [2.05, 4.69) is 33.4 Å². The van der Waals surface area contributed by atoms with Crippen LogP contribution in [0.1, 0.15) is 43.4 Å². The number of amides is 1. The van der Waals surface area contributed by atoms with Gasteiger partial charge >= 0.3 is 0 Å². The summed E-state index contributed by atoms with van der Waals surface area (Å²) in [7, 11) is 0. The number of halogens is 1. The highest BCUT2D eigenvalue weighted by molar-refractivity contribution is 9.10. The molecule has 1 heterocycles. The Labute approximate surface area is 175 Å². The number of benzene rings is 2. The van der Waals surface area contributed by atoms with E-state index in [0.29, 0.717) is 39.2 Å². The number of hydrogen-bond acceptors (Lipinski definition) is 3. The van der Waals surface area contributed by atoms with E-state index in [0.717, 1.165) is 21.2 Å². The van der Waals surface area contributed by atoms with Crippen molar-refractivity contribution in [2.24, 2.45) is 0 Å². The van der Waals surface area contributed by atoms with E-state index in [4.69, 9.17) is 9.47 Å². The second kappa shape index (κ2) is 9.68. The zero-order valence-corrected chi connectivity index (χ0v) is 18.1. The third-order valence-electron chi connectivity index (χ3n) is 5.31. The summed E-state index contributed by atoms with van der Waals surface area (Å²) >= 11 is 3.48. The van der Waals surface area contributed by atoms with Crippen LogP contribution in [0.3, 0.4) is 0 Å². The van der Waals surface area contributed by atoms with Crippen molar-refractivity contribution in [3.63, 3.8) is 0 Å². The molecule has 1 N–H and O–H groups in total. The molecule has 0 saturated carbocycles. The number of nitrogens with one attached hydrogen (secondary N) is 1. The van der Waals surface area contributed by atoms with Gasteiger partial charge in [0.1, 0.15) is 0 Å². The minimum absolute atomic E-state index is 0.0673. The topological polar surface area (TPSA) is 47.6 Å². The Morgan fingerprint density at radius 1 is 1.11 bits per heavy atom. The maximum atomic E-state index is 13.3. The standard InChI is InChI=1S/C23H28BrNO3/c1-17(2)28-16-19-6-4-3-5-18(19)15-25-22(26)23(11-13-27-14-12-23)20-7-9-21(24)10-8-20/h3-10,17H,11-16H2,1-2H3,(H,25,26). The van der Waals surface area contributed by atoms with Gasteiger partial charge in [-0.05, 0) is 55.5 Å². The van der Waals surface area contributed by atoms with E-state index >= 15 is 0 Å². The number of hydrogen-bond donors (Lipinski definition) is 1. The van der Waals surface area contributed by atoms with Crippen LogP contribution >= 0.6 is 15.9 Å². The minimum Gasteiger partial charge on any atom is -0.381 e. The Morgan fingerprint density at radius 3 is 2.39 bits per heavy atom. The third-order valence-corrected chi connectivity index (χ3v) is 5.84. The lowest BCUT2D eigenvalue weighted by Crippen LogP contribution is -2.47. The average molecular weight is 446 g/mol. The molecule has 0 aliphatic carbocycles. The Kier molecular flexibility index (Phi) is 7.27. The second-order valence-corrected chi connectivity index (χ2v) is 8.43. The van der Waals surface area contributed by atoms with E-state index in [9.17, 15) is 4.79 Å². The molecule has 1 saturated heterocycles. The zero-order chi connectivity index (χ0) is 20.0. The van der Waals surface area contributed by atoms with E-state index in [-0.39, 0.29) is 12.0 Å². The predicted molar refractivity (Wildman–Crippen MR) is 114 cm³/mol. The molecule has 150 valence electrons. The van der Waals surface area contributed by atoms with Gasteiger partial charge in [0.05, 0.1) is 18.1 Å². The van der Waals surface area contributed by atoms with Crippen LogP contribution in [0.5, 0.6) is 0 Å². The van der Waals surface area contributed by atoms with Crippen molar-refractivity contribution in [2.75, 3.05) is 13.2 Å². The van der Waals surface area contributed by atoms with Crippen LogP contribution in [0, 0.1) is 0 Å². The maximum absolute atomic E-state index is 13.3. The molecule has 0 spiro atoms. The Bertz CT molecular complexity index is 783. The third kappa shape index (κ3) is 5.02. The summed E-state index contributed by atoms with van der Waals surface area (Å²) in [6, 6.07) is 16.2. The predicted octanol–water partition coefficient (Wildman–Crippen LogP) is 4.74. The van der Waals surface area contributed by atoms with Crippen LogP contribution in [-0.2, 0) is 32.8 Å². The maximum Gasteiger partial charge on any atom is 0.231 e. The molecule has 0 atom stereocenters. The fourth-order valence-electron chi connectivity index (χ4n) is 3.61. The van der Waals surface area contributed by atoms with Crippen LogP contribution < -0.4 is 5.32 Å². The lowest BCUT2D eigenvalue weighted by atomic mass is 9.73. The van der Waals surface area contributed by atoms with Crippen molar-refractivity contribution in [3.8, 4) is 0 Å². The summed E-state index contributed by atoms with van der Waals surface area (Å²) in [5.41, 5.74) is 2.71.